The molecule has 0 fully saturated rings. The molecule has 28 aromatic rings. The van der Waals surface area contributed by atoms with Gasteiger partial charge < -0.3 is 13.6 Å². The Kier molecular flexibility index (Phi) is 19.4. The van der Waals surface area contributed by atoms with Gasteiger partial charge in [-0.2, -0.15) is 0 Å². The van der Waals surface area contributed by atoms with Crippen LogP contribution >= 0.6 is 22.7 Å². The van der Waals surface area contributed by atoms with E-state index in [4.69, 9.17) is 13.6 Å². The van der Waals surface area contributed by atoms with Crippen LogP contribution in [0.15, 0.2) is 452 Å². The second-order valence-corrected chi connectivity index (χ2v) is 39.8. The predicted octanol–water partition coefficient (Wildman–Crippen LogP) is 38.9. The van der Waals surface area contributed by atoms with Gasteiger partial charge in [0.25, 0.3) is 0 Å². The molecule has 0 aliphatic rings. The van der Waals surface area contributed by atoms with Crippen molar-refractivity contribution < 1.29 is 13.6 Å². The average molecular weight is 1790 g/mol. The lowest BCUT2D eigenvalue weighted by Gasteiger charge is -2.18. The van der Waals surface area contributed by atoms with Gasteiger partial charge in [-0.05, 0) is 355 Å². The molecular weight excluding hydrogens is 1700 g/mol. The summed E-state index contributed by atoms with van der Waals surface area (Å²) in [6.45, 7) is 8.96. The highest BCUT2D eigenvalue weighted by Crippen LogP contribution is 2.48. The van der Waals surface area contributed by atoms with Crippen molar-refractivity contribution in [2.45, 2.75) is 33.1 Å². The second kappa shape index (κ2) is 32.7. The van der Waals surface area contributed by atoms with E-state index in [2.05, 4.69) is 452 Å². The van der Waals surface area contributed by atoms with Crippen molar-refractivity contribution in [2.24, 2.45) is 0 Å². The largest absolute Gasteiger partial charge is 0.497 e. The minimum Gasteiger partial charge on any atom is -0.497 e. The van der Waals surface area contributed by atoms with Crippen LogP contribution in [0.1, 0.15) is 31.9 Å². The first-order valence-corrected chi connectivity index (χ1v) is 48.7. The van der Waals surface area contributed by atoms with Crippen LogP contribution in [-0.4, -0.2) is 7.11 Å². The summed E-state index contributed by atoms with van der Waals surface area (Å²) in [5.74, 6) is 0.832. The lowest BCUT2D eigenvalue weighted by Crippen LogP contribution is -2.10. The lowest BCUT2D eigenvalue weighted by molar-refractivity contribution is 0.415. The predicted molar refractivity (Wildman–Crippen MR) is 591 cm³/mol. The molecule has 0 aliphatic heterocycles. The van der Waals surface area contributed by atoms with Gasteiger partial charge in [0.1, 0.15) is 28.1 Å². The van der Waals surface area contributed by atoms with Gasteiger partial charge in [0, 0.05) is 61.9 Å². The van der Waals surface area contributed by atoms with Gasteiger partial charge in [0.2, 0.25) is 0 Å². The van der Waals surface area contributed by atoms with Crippen LogP contribution in [0.3, 0.4) is 0 Å². The van der Waals surface area contributed by atoms with Crippen LogP contribution < -0.4 is 4.74 Å². The maximum atomic E-state index is 6.38. The third-order valence-electron chi connectivity index (χ3n) is 28.4. The second-order valence-electron chi connectivity index (χ2n) is 37.7. The summed E-state index contributed by atoms with van der Waals surface area (Å²) in [5.41, 5.74) is 25.6. The van der Waals surface area contributed by atoms with E-state index < -0.39 is 0 Å². The Balaban J connectivity index is 0.000000107. The summed E-state index contributed by atoms with van der Waals surface area (Å²) in [5, 5.41) is 33.1. The SMILES string of the molecule is COc1ccc2oc3cc(-c4cccc(-c5ccc6c7ccccc7c7ccccc7c6c5)c4)ccc3c2c1.Cc1cc(-c2ccc3c(c2)oc2ccc(C(C)(C)C)cc23)cc(-c2ccc3c4ccc(-c5ccccc5)cc4c4ccccc4c3c2)c1.c1ccc2c(c1)sc1ccc(-c3cc(-c4ccc5sc6ccccc6c5c4)cc(-c4ccc5c6ccccc6c6ccccc6c5c4)c3)cc12. The minimum absolute atomic E-state index is 0.0870. The molecule has 0 aliphatic carbocycles. The summed E-state index contributed by atoms with van der Waals surface area (Å²) in [6.07, 6.45) is 0. The third kappa shape index (κ3) is 14.2. The number of thiophene rings is 2. The molecule has 137 heavy (non-hydrogen) atoms. The summed E-state index contributed by atoms with van der Waals surface area (Å²) in [7, 11) is 1.69. The Morgan fingerprint density at radius 2 is 0.445 bits per heavy atom. The maximum Gasteiger partial charge on any atom is 0.136 e. The first-order valence-electron chi connectivity index (χ1n) is 47.1. The Morgan fingerprint density at radius 3 is 0.839 bits per heavy atom. The number of fused-ring (bicyclic) bond motifs is 30. The van der Waals surface area contributed by atoms with Crippen LogP contribution in [0.25, 0.3) is 270 Å². The first-order chi connectivity index (χ1) is 67.3. The molecule has 4 heterocycles. The van der Waals surface area contributed by atoms with Crippen molar-refractivity contribution in [3.63, 3.8) is 0 Å². The molecule has 0 amide bonds. The number of rotatable bonds is 9. The van der Waals surface area contributed by atoms with Gasteiger partial charge in [-0.1, -0.05) is 318 Å². The fourth-order valence-electron chi connectivity index (χ4n) is 21.5. The lowest BCUT2D eigenvalue weighted by atomic mass is 9.86. The number of furan rings is 2. The fraction of sp³-hybridized carbons (Fsp3) is 0.0455. The zero-order valence-corrected chi connectivity index (χ0v) is 77.8. The molecular formula is C132H88O3S2. The highest BCUT2D eigenvalue weighted by atomic mass is 32.1. The Morgan fingerprint density at radius 1 is 0.175 bits per heavy atom. The van der Waals surface area contributed by atoms with E-state index in [1.165, 1.54) is 226 Å². The van der Waals surface area contributed by atoms with Crippen molar-refractivity contribution >= 4 is 204 Å². The standard InChI is InChI=1S/C48H28S2.C47H36O.C37H24O2/c1-2-11-37-35(9-1)36-10-3-4-12-38(36)42-26-29(17-20-39(37)42)32-23-33(30-18-21-47-43(27-30)40-13-5-7-15-45(40)49-47)25-34(24-32)31-19-22-48-44(28-31)41-14-6-8-16-46(41)50-48;1-29-22-34(24-35(23-29)33-16-20-41-44-28-36(47(2,3)4)17-21-45(44)48-46(41)27-33)32-15-19-40-39-18-14-31(30-10-6-5-7-11-30)25-42(39)37-12-8-9-13-38(37)43(40)26-32;1-38-27-15-18-36-35(22-27)33-17-14-26(21-37(33)39-36)24-8-6-7-23(19-24)25-13-16-32-30-11-3-2-9-28(30)29-10-4-5-12-31(29)34(32)20-25/h1-28H;5-28H,1-4H3;2-22H,1H3. The highest BCUT2D eigenvalue weighted by molar-refractivity contribution is 7.26. The van der Waals surface area contributed by atoms with Gasteiger partial charge in [-0.25, -0.2) is 0 Å². The average Bonchev–Trinajstić information content (AvgIpc) is 1.67. The molecule has 0 spiro atoms. The van der Waals surface area contributed by atoms with Crippen molar-refractivity contribution in [2.75, 3.05) is 7.11 Å². The van der Waals surface area contributed by atoms with E-state index in [1.54, 1.807) is 7.11 Å². The van der Waals surface area contributed by atoms with Crippen molar-refractivity contribution in [3.05, 3.63) is 454 Å². The zero-order chi connectivity index (χ0) is 91.3. The molecule has 0 saturated carbocycles. The summed E-state index contributed by atoms with van der Waals surface area (Å²) in [6, 6.07) is 163. The smallest absolute Gasteiger partial charge is 0.136 e. The summed E-state index contributed by atoms with van der Waals surface area (Å²) < 4.78 is 23.3. The molecule has 0 saturated heterocycles. The summed E-state index contributed by atoms with van der Waals surface area (Å²) in [4.78, 5) is 0. The number of hydrogen-bond donors (Lipinski definition) is 0. The van der Waals surface area contributed by atoms with Crippen molar-refractivity contribution in [1.82, 2.24) is 0 Å². The van der Waals surface area contributed by atoms with E-state index in [-0.39, 0.29) is 5.41 Å². The molecule has 0 radical (unpaired) electrons. The number of methoxy groups -OCH3 is 1. The number of hydrogen-bond acceptors (Lipinski definition) is 5. The van der Waals surface area contributed by atoms with E-state index in [0.29, 0.717) is 0 Å². The zero-order valence-electron chi connectivity index (χ0n) is 76.2. The first kappa shape index (κ1) is 81.2. The van der Waals surface area contributed by atoms with Crippen LogP contribution in [0.4, 0.5) is 0 Å². The number of aryl methyl sites for hydroxylation is 1. The molecule has 24 aromatic carbocycles. The van der Waals surface area contributed by atoms with Crippen LogP contribution in [0.5, 0.6) is 5.75 Å². The van der Waals surface area contributed by atoms with Gasteiger partial charge >= 0.3 is 0 Å². The topological polar surface area (TPSA) is 35.5 Å². The maximum absolute atomic E-state index is 6.38. The molecule has 0 N–H and O–H groups in total. The molecule has 5 heteroatoms. The Labute approximate surface area is 800 Å². The van der Waals surface area contributed by atoms with E-state index in [0.717, 1.165) is 60.9 Å². The van der Waals surface area contributed by atoms with Crippen LogP contribution in [0, 0.1) is 6.92 Å². The Hall–Kier alpha value is -16.5. The molecule has 0 atom stereocenters. The van der Waals surface area contributed by atoms with Gasteiger partial charge in [-0.15, -0.1) is 22.7 Å². The highest BCUT2D eigenvalue weighted by Gasteiger charge is 2.22. The molecule has 0 bridgehead atoms. The fourth-order valence-corrected chi connectivity index (χ4v) is 23.7. The molecule has 4 aromatic heterocycles. The van der Waals surface area contributed by atoms with E-state index in [1.807, 2.05) is 40.9 Å². The minimum atomic E-state index is 0.0870. The molecule has 3 nitrogen and oxygen atoms in total. The monoisotopic (exact) mass is 1780 g/mol. The van der Waals surface area contributed by atoms with Crippen LogP contribution in [-0.2, 0) is 5.41 Å². The number of benzene rings is 24. The molecule has 646 valence electrons. The quantitative estimate of drug-likeness (QED) is 0.135. The van der Waals surface area contributed by atoms with Crippen LogP contribution in [0.2, 0.25) is 0 Å². The molecule has 0 unspecified atom stereocenters. The third-order valence-corrected chi connectivity index (χ3v) is 30.7. The van der Waals surface area contributed by atoms with Crippen molar-refractivity contribution in [3.8, 4) is 94.8 Å². The van der Waals surface area contributed by atoms with E-state index in [9.17, 15) is 0 Å². The van der Waals surface area contributed by atoms with E-state index >= 15 is 0 Å². The Bertz CT molecular complexity index is 9640. The van der Waals surface area contributed by atoms with Crippen molar-refractivity contribution in [1.29, 1.82) is 0 Å². The normalized spacial score (nSPS) is 12.0. The summed E-state index contributed by atoms with van der Waals surface area (Å²) >= 11 is 3.74. The molecule has 28 rings (SSSR count). The van der Waals surface area contributed by atoms with Gasteiger partial charge in [0.15, 0.2) is 0 Å². The van der Waals surface area contributed by atoms with Gasteiger partial charge in [0.05, 0.1) is 7.11 Å². The number of ether oxygens (including phenoxy) is 1. The van der Waals surface area contributed by atoms with Gasteiger partial charge in [-0.3, -0.25) is 0 Å².